The Kier molecular flexibility index (Phi) is 5.56. The molecule has 1 aromatic heterocycles. The lowest BCUT2D eigenvalue weighted by Gasteiger charge is -1.84. The van der Waals surface area contributed by atoms with Crippen LogP contribution >= 0.6 is 46.3 Å². The average Bonchev–Trinajstić information content (AvgIpc) is 2.14. The van der Waals surface area contributed by atoms with E-state index < -0.39 is 10.5 Å². The number of rotatable bonds is 0. The lowest BCUT2D eigenvalue weighted by molar-refractivity contribution is -0.598. The van der Waals surface area contributed by atoms with Gasteiger partial charge in [0.1, 0.15) is 0 Å². The second kappa shape index (κ2) is 5.43. The van der Waals surface area contributed by atoms with Gasteiger partial charge < -0.3 is 4.55 Å². The van der Waals surface area contributed by atoms with Gasteiger partial charge in [-0.25, -0.2) is 8.42 Å². The molecule has 0 saturated carbocycles. The van der Waals surface area contributed by atoms with Gasteiger partial charge in [0.15, 0.2) is 27.9 Å². The molecular formula is C4H3Cl3FNO3S2. The fraction of sp³-hybridized carbons (Fsp3) is 0.250. The number of hydrogen-bond donors (Lipinski definition) is 0. The minimum absolute atomic E-state index is 0.436. The normalized spacial score (nSPS) is 10.7. The van der Waals surface area contributed by atoms with Crippen molar-refractivity contribution in [1.82, 2.24) is 0 Å². The molecule has 0 amide bonds. The van der Waals surface area contributed by atoms with Gasteiger partial charge in [-0.3, -0.25) is 0 Å². The highest BCUT2D eigenvalue weighted by molar-refractivity contribution is 7.80. The van der Waals surface area contributed by atoms with E-state index in [1.54, 1.807) is 11.0 Å². The summed E-state index contributed by atoms with van der Waals surface area (Å²) >= 11 is 18.2. The van der Waals surface area contributed by atoms with Gasteiger partial charge in [0.25, 0.3) is 10.5 Å². The van der Waals surface area contributed by atoms with Crippen molar-refractivity contribution >= 4 is 56.8 Å². The molecule has 0 aromatic carbocycles. The average molecular weight is 303 g/mol. The molecule has 0 fully saturated rings. The predicted octanol–water partition coefficient (Wildman–Crippen LogP) is 1.95. The zero-order chi connectivity index (χ0) is 11.5. The molecule has 14 heavy (non-hydrogen) atoms. The van der Waals surface area contributed by atoms with Crippen LogP contribution < -0.4 is 3.96 Å². The first-order valence-corrected chi connectivity index (χ1v) is 5.99. The van der Waals surface area contributed by atoms with Crippen LogP contribution in [0.4, 0.5) is 3.89 Å². The maximum Gasteiger partial charge on any atom is 0.309 e. The van der Waals surface area contributed by atoms with Crippen LogP contribution in [0.3, 0.4) is 0 Å². The van der Waals surface area contributed by atoms with Crippen molar-refractivity contribution in [3.05, 3.63) is 14.5 Å². The molecule has 0 N–H and O–H groups in total. The minimum Gasteiger partial charge on any atom is -0.722 e. The summed E-state index contributed by atoms with van der Waals surface area (Å²) in [6.07, 6.45) is 0. The van der Waals surface area contributed by atoms with Gasteiger partial charge in [-0.05, 0) is 11.6 Å². The Morgan fingerprint density at radius 2 is 1.79 bits per heavy atom. The highest BCUT2D eigenvalue weighted by atomic mass is 35.5. The summed E-state index contributed by atoms with van der Waals surface area (Å²) in [6, 6.07) is 0. The summed E-state index contributed by atoms with van der Waals surface area (Å²) < 4.78 is 37.6. The van der Waals surface area contributed by atoms with Crippen LogP contribution in [0.15, 0.2) is 0 Å². The third-order valence-electron chi connectivity index (χ3n) is 0.847. The number of hydrogen-bond acceptors (Lipinski definition) is 4. The lowest BCUT2D eigenvalue weighted by atomic mass is 10.7. The monoisotopic (exact) mass is 301 g/mol. The van der Waals surface area contributed by atoms with Crippen molar-refractivity contribution in [1.29, 1.82) is 0 Å². The number of aryl methyl sites for hydroxylation is 1. The van der Waals surface area contributed by atoms with Gasteiger partial charge in [0, 0.05) is 0 Å². The topological polar surface area (TPSA) is 61.1 Å². The zero-order valence-electron chi connectivity index (χ0n) is 6.50. The molecule has 10 heteroatoms. The smallest absolute Gasteiger partial charge is 0.309 e. The molecule has 4 nitrogen and oxygen atoms in total. The number of aromatic nitrogens is 1. The van der Waals surface area contributed by atoms with Gasteiger partial charge in [-0.2, -0.15) is 0 Å². The Bertz CT molecular complexity index is 387. The SMILES string of the molecule is C[n+]1sc(Cl)c(Cl)c1Cl.O=S(=O)([O-])F. The van der Waals surface area contributed by atoms with Crippen LogP contribution in [0.2, 0.25) is 14.5 Å². The van der Waals surface area contributed by atoms with E-state index >= 15 is 0 Å². The highest BCUT2D eigenvalue weighted by Crippen LogP contribution is 2.30. The zero-order valence-corrected chi connectivity index (χ0v) is 10.4. The van der Waals surface area contributed by atoms with E-state index in [9.17, 15) is 3.89 Å². The summed E-state index contributed by atoms with van der Waals surface area (Å²) in [5.74, 6) is 0. The number of halogens is 4. The van der Waals surface area contributed by atoms with E-state index in [0.717, 1.165) is 0 Å². The van der Waals surface area contributed by atoms with E-state index in [2.05, 4.69) is 0 Å². The Hall–Kier alpha value is 0.340. The first-order chi connectivity index (χ1) is 6.13. The first kappa shape index (κ1) is 14.3. The molecule has 1 aromatic rings. The fourth-order valence-electron chi connectivity index (χ4n) is 0.420. The second-order valence-electron chi connectivity index (χ2n) is 1.86. The summed E-state index contributed by atoms with van der Waals surface area (Å²) in [5.41, 5.74) is 0. The van der Waals surface area contributed by atoms with Crippen molar-refractivity contribution in [3.63, 3.8) is 0 Å². The van der Waals surface area contributed by atoms with Gasteiger partial charge in [0.2, 0.25) is 0 Å². The molecule has 1 heterocycles. The van der Waals surface area contributed by atoms with E-state index in [0.29, 0.717) is 14.5 Å². The lowest BCUT2D eigenvalue weighted by Crippen LogP contribution is -2.21. The fourth-order valence-corrected chi connectivity index (χ4v) is 1.99. The number of nitrogens with zero attached hydrogens (tertiary/aromatic N) is 1. The van der Waals surface area contributed by atoms with Gasteiger partial charge in [-0.15, -0.1) is 7.84 Å². The molecule has 0 aliphatic heterocycles. The molecule has 0 aliphatic carbocycles. The van der Waals surface area contributed by atoms with Gasteiger partial charge in [0.05, 0.1) is 0 Å². The standard InChI is InChI=1S/C4H3Cl3NS.FHO3S/c1-8-3(6)2(5)4(7)9-8;1-5(2,3)4/h1H3;(H,2,3,4)/q+1;/p-1. The maximum absolute atomic E-state index is 10.1. The third-order valence-corrected chi connectivity index (χ3v) is 3.28. The van der Waals surface area contributed by atoms with Crippen LogP contribution in [0, 0.1) is 0 Å². The van der Waals surface area contributed by atoms with Crippen LogP contribution in [0.25, 0.3) is 0 Å². The van der Waals surface area contributed by atoms with Crippen LogP contribution in [-0.4, -0.2) is 13.0 Å². The quantitative estimate of drug-likeness (QED) is 0.418. The molecule has 0 atom stereocenters. The Balaban J connectivity index is 0.000000292. The first-order valence-electron chi connectivity index (χ1n) is 2.78. The molecule has 0 unspecified atom stereocenters. The van der Waals surface area contributed by atoms with Crippen molar-refractivity contribution < 1.29 is 20.8 Å². The molecule has 1 rings (SSSR count). The Morgan fingerprint density at radius 3 is 1.86 bits per heavy atom. The van der Waals surface area contributed by atoms with Crippen molar-refractivity contribution in [2.75, 3.05) is 0 Å². The van der Waals surface area contributed by atoms with E-state index in [1.807, 2.05) is 0 Å². The van der Waals surface area contributed by atoms with Gasteiger partial charge in [-0.1, -0.05) is 23.2 Å². The molecule has 0 spiro atoms. The molecule has 82 valence electrons. The second-order valence-corrected chi connectivity index (χ2v) is 5.12. The Labute approximate surface area is 99.0 Å². The minimum atomic E-state index is -5.42. The third kappa shape index (κ3) is 5.94. The molecule has 0 aliphatic rings. The van der Waals surface area contributed by atoms with E-state index in [-0.39, 0.29) is 0 Å². The highest BCUT2D eigenvalue weighted by Gasteiger charge is 2.18. The maximum atomic E-state index is 10.1. The molecule has 0 saturated heterocycles. The van der Waals surface area contributed by atoms with Crippen LogP contribution in [0.1, 0.15) is 0 Å². The summed E-state index contributed by atoms with van der Waals surface area (Å²) in [7, 11) is -3.62. The van der Waals surface area contributed by atoms with Crippen molar-refractivity contribution in [2.24, 2.45) is 7.05 Å². The largest absolute Gasteiger partial charge is 0.722 e. The molecular weight excluding hydrogens is 300 g/mol. The summed E-state index contributed by atoms with van der Waals surface area (Å²) in [4.78, 5) is 0. The molecule has 0 bridgehead atoms. The van der Waals surface area contributed by atoms with Gasteiger partial charge >= 0.3 is 5.15 Å². The predicted molar refractivity (Wildman–Crippen MR) is 51.3 cm³/mol. The Morgan fingerprint density at radius 1 is 1.43 bits per heavy atom. The van der Waals surface area contributed by atoms with Crippen LogP contribution in [-0.2, 0) is 17.6 Å². The summed E-state index contributed by atoms with van der Waals surface area (Å²) in [5, 5.41) is 0.928. The molecule has 0 radical (unpaired) electrons. The van der Waals surface area contributed by atoms with Crippen molar-refractivity contribution in [3.8, 4) is 0 Å². The van der Waals surface area contributed by atoms with Crippen LogP contribution in [0.5, 0.6) is 0 Å². The summed E-state index contributed by atoms with van der Waals surface area (Å²) in [6.45, 7) is 0. The van der Waals surface area contributed by atoms with Crippen molar-refractivity contribution in [2.45, 2.75) is 0 Å². The van der Waals surface area contributed by atoms with E-state index in [1.165, 1.54) is 11.5 Å². The van der Waals surface area contributed by atoms with E-state index in [4.69, 9.17) is 47.8 Å².